The first-order valence-electron chi connectivity index (χ1n) is 8.48. The largest absolute Gasteiger partial charge is 0.314 e. The zero-order valence-corrected chi connectivity index (χ0v) is 16.5. The van der Waals surface area contributed by atoms with Gasteiger partial charge in [-0.15, -0.1) is 11.3 Å². The van der Waals surface area contributed by atoms with Gasteiger partial charge in [0.15, 0.2) is 6.67 Å². The van der Waals surface area contributed by atoms with Gasteiger partial charge in [-0.05, 0) is 36.5 Å². The second-order valence-corrected chi connectivity index (χ2v) is 10.2. The first-order chi connectivity index (χ1) is 12.0. The van der Waals surface area contributed by atoms with Gasteiger partial charge in [-0.2, -0.15) is 14.1 Å². The molecule has 2 fully saturated rings. The van der Waals surface area contributed by atoms with Crippen molar-refractivity contribution < 1.29 is 13.3 Å². The van der Waals surface area contributed by atoms with Gasteiger partial charge in [0.05, 0.1) is 26.2 Å². The lowest BCUT2D eigenvalue weighted by atomic mass is 10.4. The third kappa shape index (κ3) is 3.33. The number of nitrogens with zero attached hydrogens (tertiary/aromatic N) is 4. The molecule has 2 aromatic rings. The van der Waals surface area contributed by atoms with E-state index in [2.05, 4.69) is 0 Å². The highest BCUT2D eigenvalue weighted by Crippen LogP contribution is 2.38. The van der Waals surface area contributed by atoms with Gasteiger partial charge in [-0.1, -0.05) is 6.07 Å². The van der Waals surface area contributed by atoms with Gasteiger partial charge in [0.25, 0.3) is 10.0 Å². The van der Waals surface area contributed by atoms with Crippen molar-refractivity contribution in [2.45, 2.75) is 29.6 Å². The van der Waals surface area contributed by atoms with E-state index in [1.165, 1.54) is 29.1 Å². The van der Waals surface area contributed by atoms with E-state index in [0.717, 1.165) is 23.7 Å². The number of piperazine rings is 1. The molecule has 25 heavy (non-hydrogen) atoms. The van der Waals surface area contributed by atoms with Crippen LogP contribution in [-0.2, 0) is 23.7 Å². The van der Waals surface area contributed by atoms with Crippen molar-refractivity contribution in [1.82, 2.24) is 18.7 Å². The van der Waals surface area contributed by atoms with Crippen molar-refractivity contribution in [2.24, 2.45) is 7.05 Å². The molecule has 0 bridgehead atoms. The summed E-state index contributed by atoms with van der Waals surface area (Å²) in [7, 11) is -1.35. The van der Waals surface area contributed by atoms with Gasteiger partial charge in [-0.3, -0.25) is 0 Å². The summed E-state index contributed by atoms with van der Waals surface area (Å²) in [6.07, 6.45) is 2.40. The third-order valence-corrected chi connectivity index (χ3v) is 8.67. The third-order valence-electron chi connectivity index (χ3n) is 4.91. The second kappa shape index (κ2) is 6.58. The Morgan fingerprint density at radius 1 is 1.36 bits per heavy atom. The summed E-state index contributed by atoms with van der Waals surface area (Å²) in [6.45, 7) is 3.30. The number of nitrogens with one attached hydrogen (secondary N) is 1. The molecule has 3 heterocycles. The predicted octanol–water partition coefficient (Wildman–Crippen LogP) is 0.437. The van der Waals surface area contributed by atoms with E-state index in [-0.39, 0.29) is 0 Å². The van der Waals surface area contributed by atoms with E-state index in [9.17, 15) is 8.42 Å². The molecule has 1 aliphatic heterocycles. The van der Waals surface area contributed by atoms with Crippen molar-refractivity contribution >= 4 is 33.6 Å². The molecule has 1 N–H and O–H groups in total. The predicted molar refractivity (Wildman–Crippen MR) is 97.8 cm³/mol. The highest BCUT2D eigenvalue weighted by Gasteiger charge is 2.32. The van der Waals surface area contributed by atoms with E-state index < -0.39 is 10.0 Å². The van der Waals surface area contributed by atoms with Gasteiger partial charge in [0.2, 0.25) is 4.77 Å². The molecule has 0 aromatic carbocycles. The van der Waals surface area contributed by atoms with Gasteiger partial charge < -0.3 is 9.47 Å². The van der Waals surface area contributed by atoms with Crippen LogP contribution in [0.4, 0.5) is 0 Å². The van der Waals surface area contributed by atoms with Crippen molar-refractivity contribution in [1.29, 1.82) is 0 Å². The van der Waals surface area contributed by atoms with Crippen LogP contribution in [0.15, 0.2) is 21.7 Å². The van der Waals surface area contributed by atoms with E-state index in [4.69, 9.17) is 17.3 Å². The first kappa shape index (κ1) is 17.3. The van der Waals surface area contributed by atoms with Crippen LogP contribution in [-0.4, -0.2) is 53.2 Å². The number of quaternary nitrogens is 1. The van der Waals surface area contributed by atoms with Gasteiger partial charge in [0.1, 0.15) is 10.0 Å². The molecule has 0 amide bonds. The Morgan fingerprint density at radius 2 is 2.08 bits per heavy atom. The molecule has 4 rings (SSSR count). The minimum Gasteiger partial charge on any atom is -0.314 e. The summed E-state index contributed by atoms with van der Waals surface area (Å²) in [5.74, 6) is 1.65. The minimum absolute atomic E-state index is 0.428. The molecule has 136 valence electrons. The first-order valence-corrected chi connectivity index (χ1v) is 11.2. The summed E-state index contributed by atoms with van der Waals surface area (Å²) in [5.41, 5.74) is 0. The molecule has 0 unspecified atom stereocenters. The lowest BCUT2D eigenvalue weighted by Gasteiger charge is -2.30. The standard InChI is InChI=1S/C15H21N5O2S3/c1-17-14(12-4-5-12)16-20(15(17)23)11-18-6-8-19(9-7-18)25(21,22)13-3-2-10-24-13/h2-3,10,12H,4-9,11H2,1H3/p+1. The molecule has 10 heteroatoms. The maximum Gasteiger partial charge on any atom is 0.252 e. The molecule has 2 aromatic heterocycles. The van der Waals surface area contributed by atoms with Crippen LogP contribution in [0.2, 0.25) is 0 Å². The number of aromatic nitrogens is 3. The smallest absolute Gasteiger partial charge is 0.252 e. The average Bonchev–Trinajstić information content (AvgIpc) is 3.20. The molecule has 0 spiro atoms. The van der Waals surface area contributed by atoms with E-state index >= 15 is 0 Å². The quantitative estimate of drug-likeness (QED) is 0.740. The Balaban J connectivity index is 1.41. The Morgan fingerprint density at radius 3 is 2.68 bits per heavy atom. The highest BCUT2D eigenvalue weighted by molar-refractivity contribution is 7.91. The van der Waals surface area contributed by atoms with Crippen LogP contribution in [0.25, 0.3) is 0 Å². The van der Waals surface area contributed by atoms with E-state index in [1.807, 2.05) is 16.3 Å². The monoisotopic (exact) mass is 400 g/mol. The normalized spacial score (nSPS) is 20.2. The SMILES string of the molecule is Cn1c(C2CC2)nn(C[NH+]2CCN(S(=O)(=O)c3cccs3)CC2)c1=S. The lowest BCUT2D eigenvalue weighted by Crippen LogP contribution is -3.14. The summed E-state index contributed by atoms with van der Waals surface area (Å²) < 4.78 is 31.9. The molecular formula is C15H22N5O2S3+. The average molecular weight is 401 g/mol. The molecule has 1 aliphatic carbocycles. The second-order valence-electron chi connectivity index (χ2n) is 6.72. The molecule has 0 atom stereocenters. The Labute approximate surface area is 156 Å². The molecule has 2 aliphatic rings. The maximum absolute atomic E-state index is 12.6. The zero-order valence-electron chi connectivity index (χ0n) is 14.1. The van der Waals surface area contributed by atoms with Gasteiger partial charge in [0, 0.05) is 13.0 Å². The minimum atomic E-state index is -3.34. The molecule has 7 nitrogen and oxygen atoms in total. The van der Waals surface area contributed by atoms with E-state index in [1.54, 1.807) is 21.8 Å². The highest BCUT2D eigenvalue weighted by atomic mass is 32.2. The summed E-state index contributed by atoms with van der Waals surface area (Å²) in [6, 6.07) is 3.45. The Hall–Kier alpha value is -1.07. The van der Waals surface area contributed by atoms with Crippen molar-refractivity contribution in [3.8, 4) is 0 Å². The molecule has 0 radical (unpaired) electrons. The van der Waals surface area contributed by atoms with Gasteiger partial charge >= 0.3 is 0 Å². The van der Waals surface area contributed by atoms with Crippen LogP contribution in [0.3, 0.4) is 0 Å². The van der Waals surface area contributed by atoms with Gasteiger partial charge in [-0.25, -0.2) is 8.42 Å². The number of thiophene rings is 1. The Kier molecular flexibility index (Phi) is 4.57. The molecule has 1 saturated heterocycles. The number of sulfonamides is 1. The van der Waals surface area contributed by atoms with Crippen molar-refractivity contribution in [3.05, 3.63) is 28.1 Å². The van der Waals surface area contributed by atoms with Crippen molar-refractivity contribution in [3.63, 3.8) is 0 Å². The number of hydrogen-bond acceptors (Lipinski definition) is 5. The topological polar surface area (TPSA) is 64.6 Å². The van der Waals surface area contributed by atoms with E-state index in [0.29, 0.717) is 29.9 Å². The maximum atomic E-state index is 12.6. The fourth-order valence-corrected chi connectivity index (χ4v) is 6.04. The fraction of sp³-hybridized carbons (Fsp3) is 0.600. The summed E-state index contributed by atoms with van der Waals surface area (Å²) in [5, 5.41) is 6.50. The molecule has 1 saturated carbocycles. The molecular weight excluding hydrogens is 378 g/mol. The van der Waals surface area contributed by atoms with Crippen molar-refractivity contribution in [2.75, 3.05) is 26.2 Å². The number of hydrogen-bond donors (Lipinski definition) is 1. The van der Waals surface area contributed by atoms with Crippen LogP contribution in [0.1, 0.15) is 24.6 Å². The summed E-state index contributed by atoms with van der Waals surface area (Å²) >= 11 is 6.79. The lowest BCUT2D eigenvalue weighted by molar-refractivity contribution is -0.926. The van der Waals surface area contributed by atoms with Crippen LogP contribution in [0, 0.1) is 4.77 Å². The summed E-state index contributed by atoms with van der Waals surface area (Å²) in [4.78, 5) is 1.31. The Bertz CT molecular complexity index is 904. The fourth-order valence-electron chi connectivity index (χ4n) is 3.25. The van der Waals surface area contributed by atoms with Crippen LogP contribution >= 0.6 is 23.6 Å². The number of rotatable bonds is 5. The van der Waals surface area contributed by atoms with Crippen LogP contribution < -0.4 is 4.90 Å². The van der Waals surface area contributed by atoms with Crippen LogP contribution in [0.5, 0.6) is 0 Å². The zero-order chi connectivity index (χ0) is 17.6.